The van der Waals surface area contributed by atoms with Gasteiger partial charge in [0.25, 0.3) is 0 Å². The summed E-state index contributed by atoms with van der Waals surface area (Å²) < 4.78 is 0. The molecule has 0 atom stereocenters. The van der Waals surface area contributed by atoms with Gasteiger partial charge in [-0.1, -0.05) is 34.6 Å². The first-order valence-corrected chi connectivity index (χ1v) is 4.59. The molecule has 3 nitrogen and oxygen atoms in total. The second kappa shape index (κ2) is 6.89. The van der Waals surface area contributed by atoms with Crippen LogP contribution in [0.15, 0.2) is 0 Å². The monoisotopic (exact) mass is 189 g/mol. The topological polar surface area (TPSA) is 49.3 Å². The van der Waals surface area contributed by atoms with Gasteiger partial charge in [-0.3, -0.25) is 10.0 Å². The zero-order chi connectivity index (χ0) is 11.1. The molecular formula is C10H23NO2. The molecule has 0 radical (unpaired) electrons. The standard InChI is InChI=1S/C8H18.C2H5NO2/c1-7(2)6-8(3,4)5;1-2(4)3-5/h7H,6H2,1-5H3;5H,1H3,(H,3,4). The Morgan fingerprint density at radius 3 is 1.69 bits per heavy atom. The van der Waals surface area contributed by atoms with Crippen molar-refractivity contribution in [3.8, 4) is 0 Å². The first kappa shape index (κ1) is 14.9. The lowest BCUT2D eigenvalue weighted by Crippen LogP contribution is -2.12. The fourth-order valence-electron chi connectivity index (χ4n) is 1.22. The fraction of sp³-hybridized carbons (Fsp3) is 0.900. The van der Waals surface area contributed by atoms with Crippen LogP contribution in [0.1, 0.15) is 48.0 Å². The molecule has 0 aromatic heterocycles. The molecule has 0 aromatic carbocycles. The predicted octanol–water partition coefficient (Wildman–Crippen LogP) is 2.59. The average Bonchev–Trinajstić information content (AvgIpc) is 1.83. The molecule has 13 heavy (non-hydrogen) atoms. The normalized spacial score (nSPS) is 10.5. The Bertz CT molecular complexity index is 136. The van der Waals surface area contributed by atoms with Gasteiger partial charge in [-0.25, -0.2) is 5.48 Å². The van der Waals surface area contributed by atoms with Gasteiger partial charge < -0.3 is 0 Å². The van der Waals surface area contributed by atoms with Gasteiger partial charge in [-0.05, 0) is 17.8 Å². The first-order chi connectivity index (χ1) is 5.69. The second-order valence-electron chi connectivity index (χ2n) is 4.83. The van der Waals surface area contributed by atoms with E-state index in [4.69, 9.17) is 5.21 Å². The van der Waals surface area contributed by atoms with Crippen molar-refractivity contribution >= 4 is 5.91 Å². The summed E-state index contributed by atoms with van der Waals surface area (Å²) >= 11 is 0. The van der Waals surface area contributed by atoms with Crippen LogP contribution in [0.3, 0.4) is 0 Å². The van der Waals surface area contributed by atoms with Crippen molar-refractivity contribution in [2.45, 2.75) is 48.0 Å². The molecule has 0 saturated heterocycles. The van der Waals surface area contributed by atoms with E-state index in [0.29, 0.717) is 5.41 Å². The zero-order valence-electron chi connectivity index (χ0n) is 9.64. The predicted molar refractivity (Wildman–Crippen MR) is 54.5 cm³/mol. The summed E-state index contributed by atoms with van der Waals surface area (Å²) in [5.41, 5.74) is 1.91. The third-order valence-electron chi connectivity index (χ3n) is 1.18. The molecule has 80 valence electrons. The van der Waals surface area contributed by atoms with Crippen molar-refractivity contribution in [2.75, 3.05) is 0 Å². The Balaban J connectivity index is 0. The number of hydrogen-bond donors (Lipinski definition) is 2. The van der Waals surface area contributed by atoms with Gasteiger partial charge in [0.15, 0.2) is 0 Å². The quantitative estimate of drug-likeness (QED) is 0.492. The summed E-state index contributed by atoms with van der Waals surface area (Å²) in [4.78, 5) is 9.45. The highest BCUT2D eigenvalue weighted by Crippen LogP contribution is 2.23. The van der Waals surface area contributed by atoms with Crippen molar-refractivity contribution in [2.24, 2.45) is 11.3 Å². The van der Waals surface area contributed by atoms with Crippen LogP contribution in [0.5, 0.6) is 0 Å². The molecule has 2 N–H and O–H groups in total. The van der Waals surface area contributed by atoms with Crippen LogP contribution in [0, 0.1) is 11.3 Å². The largest absolute Gasteiger partial charge is 0.289 e. The highest BCUT2D eigenvalue weighted by Gasteiger charge is 2.11. The van der Waals surface area contributed by atoms with Crippen LogP contribution in [0.25, 0.3) is 0 Å². The van der Waals surface area contributed by atoms with Gasteiger partial charge in [0.05, 0.1) is 0 Å². The smallest absolute Gasteiger partial charge is 0.240 e. The van der Waals surface area contributed by atoms with E-state index < -0.39 is 5.91 Å². The summed E-state index contributed by atoms with van der Waals surface area (Å²) in [5, 5.41) is 7.54. The molecule has 0 saturated carbocycles. The minimum atomic E-state index is -0.440. The number of hydrogen-bond acceptors (Lipinski definition) is 2. The van der Waals surface area contributed by atoms with Gasteiger partial charge in [-0.15, -0.1) is 0 Å². The van der Waals surface area contributed by atoms with Gasteiger partial charge in [0.2, 0.25) is 5.91 Å². The van der Waals surface area contributed by atoms with Crippen LogP contribution in [-0.4, -0.2) is 11.1 Å². The van der Waals surface area contributed by atoms with Crippen molar-refractivity contribution in [3.63, 3.8) is 0 Å². The van der Waals surface area contributed by atoms with E-state index in [9.17, 15) is 4.79 Å². The minimum absolute atomic E-state index is 0.440. The Hall–Kier alpha value is -0.570. The van der Waals surface area contributed by atoms with Crippen molar-refractivity contribution in [1.29, 1.82) is 0 Å². The Kier molecular flexibility index (Phi) is 7.92. The molecule has 0 heterocycles. The highest BCUT2D eigenvalue weighted by molar-refractivity contribution is 5.71. The van der Waals surface area contributed by atoms with E-state index in [1.807, 2.05) is 0 Å². The molecule has 0 spiro atoms. The molecule has 0 aromatic rings. The molecule has 1 amide bonds. The highest BCUT2D eigenvalue weighted by atomic mass is 16.5. The summed E-state index contributed by atoms with van der Waals surface area (Å²) in [7, 11) is 0. The summed E-state index contributed by atoms with van der Waals surface area (Å²) in [6.45, 7) is 12.6. The van der Waals surface area contributed by atoms with Gasteiger partial charge >= 0.3 is 0 Å². The lowest BCUT2D eigenvalue weighted by atomic mass is 9.86. The third kappa shape index (κ3) is 24.6. The van der Waals surface area contributed by atoms with Crippen LogP contribution in [-0.2, 0) is 4.79 Å². The number of hydroxylamine groups is 1. The van der Waals surface area contributed by atoms with Gasteiger partial charge in [-0.2, -0.15) is 0 Å². The van der Waals surface area contributed by atoms with Crippen LogP contribution in [0.4, 0.5) is 0 Å². The molecule has 0 aliphatic heterocycles. The molecule has 3 heteroatoms. The van der Waals surface area contributed by atoms with Crippen molar-refractivity contribution in [3.05, 3.63) is 0 Å². The molecule has 0 bridgehead atoms. The van der Waals surface area contributed by atoms with E-state index >= 15 is 0 Å². The summed E-state index contributed by atoms with van der Waals surface area (Å²) in [6, 6.07) is 0. The van der Waals surface area contributed by atoms with E-state index in [1.165, 1.54) is 18.8 Å². The molecule has 0 rings (SSSR count). The maximum atomic E-state index is 9.45. The van der Waals surface area contributed by atoms with E-state index in [0.717, 1.165) is 5.92 Å². The minimum Gasteiger partial charge on any atom is -0.289 e. The van der Waals surface area contributed by atoms with Crippen molar-refractivity contribution < 1.29 is 10.0 Å². The Labute approximate surface area is 81.5 Å². The molecular weight excluding hydrogens is 166 g/mol. The van der Waals surface area contributed by atoms with Crippen LogP contribution in [0.2, 0.25) is 0 Å². The van der Waals surface area contributed by atoms with Crippen molar-refractivity contribution in [1.82, 2.24) is 5.48 Å². The van der Waals surface area contributed by atoms with Crippen LogP contribution >= 0.6 is 0 Å². The number of rotatable bonds is 1. The zero-order valence-corrected chi connectivity index (χ0v) is 9.64. The lowest BCUT2D eigenvalue weighted by Gasteiger charge is -2.19. The van der Waals surface area contributed by atoms with E-state index in [1.54, 1.807) is 0 Å². The first-order valence-electron chi connectivity index (χ1n) is 4.59. The van der Waals surface area contributed by atoms with E-state index in [2.05, 4.69) is 34.6 Å². The van der Waals surface area contributed by atoms with Gasteiger partial charge in [0, 0.05) is 6.92 Å². The molecule has 0 unspecified atom stereocenters. The lowest BCUT2D eigenvalue weighted by molar-refractivity contribution is -0.126. The Morgan fingerprint density at radius 1 is 1.38 bits per heavy atom. The maximum absolute atomic E-state index is 9.45. The molecule has 0 aliphatic rings. The molecule has 0 aliphatic carbocycles. The Morgan fingerprint density at radius 2 is 1.69 bits per heavy atom. The fourth-order valence-corrected chi connectivity index (χ4v) is 1.22. The number of carbonyl (C=O) groups excluding carboxylic acids is 1. The summed E-state index contributed by atoms with van der Waals surface area (Å²) in [5.74, 6) is 0.403. The van der Waals surface area contributed by atoms with E-state index in [-0.39, 0.29) is 0 Å². The second-order valence-corrected chi connectivity index (χ2v) is 4.83. The number of amides is 1. The third-order valence-corrected chi connectivity index (χ3v) is 1.18. The SMILES string of the molecule is CC(=O)NO.CC(C)CC(C)(C)C. The summed E-state index contributed by atoms with van der Waals surface area (Å²) in [6.07, 6.45) is 1.33. The number of carbonyl (C=O) groups is 1. The average molecular weight is 189 g/mol. The van der Waals surface area contributed by atoms with Crippen LogP contribution < -0.4 is 5.48 Å². The maximum Gasteiger partial charge on any atom is 0.240 e. The number of nitrogens with one attached hydrogen (secondary N) is 1. The molecule has 0 fully saturated rings. The van der Waals surface area contributed by atoms with Gasteiger partial charge in [0.1, 0.15) is 0 Å².